The van der Waals surface area contributed by atoms with Gasteiger partial charge in [-0.2, -0.15) is 5.10 Å². The Bertz CT molecular complexity index is 573. The molecule has 1 aromatic carbocycles. The number of aryl methyl sites for hydroxylation is 2. The van der Waals surface area contributed by atoms with Gasteiger partial charge in [0.1, 0.15) is 0 Å². The maximum Gasteiger partial charge on any atom is 0.335 e. The van der Waals surface area contributed by atoms with Crippen LogP contribution in [0, 0.1) is 0 Å². The topological polar surface area (TPSA) is 55.1 Å². The molecule has 1 N–H and O–H groups in total. The molecule has 0 saturated heterocycles. The van der Waals surface area contributed by atoms with E-state index in [4.69, 9.17) is 5.11 Å². The quantitative estimate of drug-likeness (QED) is 0.899. The van der Waals surface area contributed by atoms with Gasteiger partial charge >= 0.3 is 5.97 Å². The van der Waals surface area contributed by atoms with Crippen molar-refractivity contribution in [1.29, 1.82) is 0 Å². The van der Waals surface area contributed by atoms with Gasteiger partial charge < -0.3 is 5.11 Å². The lowest BCUT2D eigenvalue weighted by Crippen LogP contribution is -2.04. The van der Waals surface area contributed by atoms with Gasteiger partial charge in [-0.1, -0.05) is 19.9 Å². The van der Waals surface area contributed by atoms with Crippen LogP contribution in [-0.2, 0) is 12.8 Å². The Morgan fingerprint density at radius 3 is 2.67 bits per heavy atom. The number of carboxylic acid groups (broad SMARTS) is 1. The minimum atomic E-state index is -0.919. The summed E-state index contributed by atoms with van der Waals surface area (Å²) in [5.41, 5.74) is 3.19. The average Bonchev–Trinajstić information content (AvgIpc) is 2.82. The van der Waals surface area contributed by atoms with E-state index in [1.165, 1.54) is 0 Å². The predicted molar refractivity (Wildman–Crippen MR) is 69.3 cm³/mol. The fourth-order valence-electron chi connectivity index (χ4n) is 1.89. The number of aromatic carboxylic acids is 1. The standard InChI is InChI=1S/C14H16N2O2/c1-3-11-9-12(4-2)16(15-11)13-7-5-6-10(8-13)14(17)18/h5-9H,3-4H2,1-2H3,(H,17,18). The third kappa shape index (κ3) is 2.27. The van der Waals surface area contributed by atoms with Gasteiger partial charge in [0, 0.05) is 5.69 Å². The second kappa shape index (κ2) is 5.04. The highest BCUT2D eigenvalue weighted by molar-refractivity contribution is 5.88. The maximum absolute atomic E-state index is 11.0. The molecule has 0 fully saturated rings. The van der Waals surface area contributed by atoms with Crippen LogP contribution in [0.4, 0.5) is 0 Å². The summed E-state index contributed by atoms with van der Waals surface area (Å²) >= 11 is 0. The molecule has 1 aromatic heterocycles. The van der Waals surface area contributed by atoms with E-state index in [1.807, 2.05) is 10.7 Å². The molecule has 4 nitrogen and oxygen atoms in total. The van der Waals surface area contributed by atoms with Gasteiger partial charge in [0.25, 0.3) is 0 Å². The molecule has 1 heterocycles. The third-order valence-electron chi connectivity index (χ3n) is 2.90. The van der Waals surface area contributed by atoms with Crippen LogP contribution in [0.25, 0.3) is 5.69 Å². The van der Waals surface area contributed by atoms with Crippen LogP contribution in [0.2, 0.25) is 0 Å². The van der Waals surface area contributed by atoms with E-state index in [2.05, 4.69) is 25.0 Å². The van der Waals surface area contributed by atoms with Crippen molar-refractivity contribution < 1.29 is 9.90 Å². The first kappa shape index (κ1) is 12.4. The first-order valence-electron chi connectivity index (χ1n) is 6.07. The van der Waals surface area contributed by atoms with Gasteiger partial charge in [-0.15, -0.1) is 0 Å². The van der Waals surface area contributed by atoms with E-state index in [0.29, 0.717) is 0 Å². The fraction of sp³-hybridized carbons (Fsp3) is 0.286. The summed E-state index contributed by atoms with van der Waals surface area (Å²) in [7, 11) is 0. The smallest absolute Gasteiger partial charge is 0.335 e. The molecule has 4 heteroatoms. The first-order chi connectivity index (χ1) is 8.65. The molecular weight excluding hydrogens is 228 g/mol. The highest BCUT2D eigenvalue weighted by Crippen LogP contribution is 2.15. The first-order valence-corrected chi connectivity index (χ1v) is 6.07. The number of carboxylic acids is 1. The molecule has 94 valence electrons. The fourth-order valence-corrected chi connectivity index (χ4v) is 1.89. The van der Waals surface area contributed by atoms with Crippen LogP contribution in [0.5, 0.6) is 0 Å². The summed E-state index contributed by atoms with van der Waals surface area (Å²) in [5, 5.41) is 13.5. The number of rotatable bonds is 4. The van der Waals surface area contributed by atoms with Crippen LogP contribution in [0.15, 0.2) is 30.3 Å². The lowest BCUT2D eigenvalue weighted by molar-refractivity contribution is 0.0697. The molecule has 0 bridgehead atoms. The molecule has 0 amide bonds. The van der Waals surface area contributed by atoms with Crippen molar-refractivity contribution >= 4 is 5.97 Å². The minimum Gasteiger partial charge on any atom is -0.478 e. The van der Waals surface area contributed by atoms with Crippen molar-refractivity contribution in [3.63, 3.8) is 0 Å². The van der Waals surface area contributed by atoms with Crippen LogP contribution < -0.4 is 0 Å². The number of nitrogens with zero attached hydrogens (tertiary/aromatic N) is 2. The van der Waals surface area contributed by atoms with E-state index < -0.39 is 5.97 Å². The number of hydrogen-bond acceptors (Lipinski definition) is 2. The highest BCUT2D eigenvalue weighted by Gasteiger charge is 2.09. The molecule has 2 rings (SSSR count). The Hall–Kier alpha value is -2.10. The van der Waals surface area contributed by atoms with Gasteiger partial charge in [0.05, 0.1) is 16.9 Å². The zero-order valence-corrected chi connectivity index (χ0v) is 10.6. The van der Waals surface area contributed by atoms with Gasteiger partial charge in [-0.05, 0) is 37.1 Å². The van der Waals surface area contributed by atoms with Gasteiger partial charge in [-0.25, -0.2) is 9.48 Å². The van der Waals surface area contributed by atoms with Crippen molar-refractivity contribution in [1.82, 2.24) is 9.78 Å². The Balaban J connectivity index is 2.50. The second-order valence-corrected chi connectivity index (χ2v) is 4.10. The summed E-state index contributed by atoms with van der Waals surface area (Å²) in [6, 6.07) is 8.91. The lowest BCUT2D eigenvalue weighted by atomic mass is 10.2. The Morgan fingerprint density at radius 1 is 1.28 bits per heavy atom. The summed E-state index contributed by atoms with van der Waals surface area (Å²) in [6.45, 7) is 4.12. The van der Waals surface area contributed by atoms with Gasteiger partial charge in [0.15, 0.2) is 0 Å². The molecule has 0 atom stereocenters. The van der Waals surface area contributed by atoms with Crippen LogP contribution >= 0.6 is 0 Å². The summed E-state index contributed by atoms with van der Waals surface area (Å²) in [5.74, 6) is -0.919. The highest BCUT2D eigenvalue weighted by atomic mass is 16.4. The predicted octanol–water partition coefficient (Wildman–Crippen LogP) is 2.70. The van der Waals surface area contributed by atoms with Crippen molar-refractivity contribution in [2.75, 3.05) is 0 Å². The number of benzene rings is 1. The Labute approximate surface area is 106 Å². The minimum absolute atomic E-state index is 0.281. The largest absolute Gasteiger partial charge is 0.478 e. The number of hydrogen-bond donors (Lipinski definition) is 1. The van der Waals surface area contributed by atoms with E-state index >= 15 is 0 Å². The summed E-state index contributed by atoms with van der Waals surface area (Å²) in [6.07, 6.45) is 1.74. The van der Waals surface area contributed by atoms with Crippen LogP contribution in [-0.4, -0.2) is 20.9 Å². The van der Waals surface area contributed by atoms with E-state index in [0.717, 1.165) is 29.9 Å². The van der Waals surface area contributed by atoms with Crippen LogP contribution in [0.1, 0.15) is 35.6 Å². The normalized spacial score (nSPS) is 10.6. The maximum atomic E-state index is 11.0. The number of carbonyl (C=O) groups is 1. The average molecular weight is 244 g/mol. The molecule has 0 unspecified atom stereocenters. The molecule has 0 aliphatic heterocycles. The molecule has 0 radical (unpaired) electrons. The second-order valence-electron chi connectivity index (χ2n) is 4.10. The van der Waals surface area contributed by atoms with Crippen molar-refractivity contribution in [2.24, 2.45) is 0 Å². The van der Waals surface area contributed by atoms with E-state index in [1.54, 1.807) is 18.2 Å². The third-order valence-corrected chi connectivity index (χ3v) is 2.90. The molecule has 0 aliphatic carbocycles. The molecule has 0 aliphatic rings. The molecule has 0 spiro atoms. The van der Waals surface area contributed by atoms with E-state index in [-0.39, 0.29) is 5.56 Å². The number of aromatic nitrogens is 2. The molecule has 0 saturated carbocycles. The monoisotopic (exact) mass is 244 g/mol. The van der Waals surface area contributed by atoms with Crippen molar-refractivity contribution in [3.05, 3.63) is 47.3 Å². The summed E-state index contributed by atoms with van der Waals surface area (Å²) < 4.78 is 1.82. The van der Waals surface area contributed by atoms with Gasteiger partial charge in [-0.3, -0.25) is 0 Å². The molecular formula is C14H16N2O2. The Kier molecular flexibility index (Phi) is 3.46. The Morgan fingerprint density at radius 2 is 2.06 bits per heavy atom. The zero-order valence-electron chi connectivity index (χ0n) is 10.6. The van der Waals surface area contributed by atoms with Gasteiger partial charge in [0.2, 0.25) is 0 Å². The SMILES string of the molecule is CCc1cc(CC)n(-c2cccc(C(=O)O)c2)n1. The van der Waals surface area contributed by atoms with E-state index in [9.17, 15) is 4.79 Å². The molecule has 2 aromatic rings. The molecule has 18 heavy (non-hydrogen) atoms. The van der Waals surface area contributed by atoms with Crippen molar-refractivity contribution in [2.45, 2.75) is 26.7 Å². The zero-order chi connectivity index (χ0) is 13.1. The van der Waals surface area contributed by atoms with Crippen LogP contribution in [0.3, 0.4) is 0 Å². The lowest BCUT2D eigenvalue weighted by Gasteiger charge is -2.06. The summed E-state index contributed by atoms with van der Waals surface area (Å²) in [4.78, 5) is 11.0. The van der Waals surface area contributed by atoms with Crippen molar-refractivity contribution in [3.8, 4) is 5.69 Å².